The van der Waals surface area contributed by atoms with E-state index in [1.54, 1.807) is 4.72 Å². The van der Waals surface area contributed by atoms with E-state index in [2.05, 4.69) is 5.32 Å². The third-order valence-corrected chi connectivity index (χ3v) is 4.99. The number of halogens is 5. The van der Waals surface area contributed by atoms with Crippen LogP contribution in [0.15, 0.2) is 41.3 Å². The van der Waals surface area contributed by atoms with Gasteiger partial charge in [-0.1, -0.05) is 23.7 Å². The summed E-state index contributed by atoms with van der Waals surface area (Å²) in [5, 5.41) is 1.86. The number of anilines is 2. The van der Waals surface area contributed by atoms with Crippen LogP contribution in [-0.4, -0.2) is 26.3 Å². The molecule has 2 N–H and O–H groups in total. The third-order valence-electron chi connectivity index (χ3n) is 3.30. The fraction of sp³-hybridized carbons (Fsp3) is 0.125. The van der Waals surface area contributed by atoms with Crippen LogP contribution in [0.3, 0.4) is 0 Å². The average Bonchev–Trinajstić information content (AvgIpc) is 2.56. The highest BCUT2D eigenvalue weighted by molar-refractivity contribution is 7.92. The standard InChI is InChI=1S/C16H11ClF4N2O4S/c1-8(24)22-13-7-11(18)14(6-10(13)17)28(26,27)23-12-5-3-2-4-9(12)15(25)16(19,20)21/h2-7,23H,1H3,(H,22,24). The fourth-order valence-electron chi connectivity index (χ4n) is 2.14. The van der Waals surface area contributed by atoms with Crippen LogP contribution in [0.25, 0.3) is 0 Å². The summed E-state index contributed by atoms with van der Waals surface area (Å²) in [6, 6.07) is 5.31. The number of carbonyl (C=O) groups excluding carboxylic acids is 2. The molecule has 12 heteroatoms. The molecule has 28 heavy (non-hydrogen) atoms. The number of para-hydroxylation sites is 1. The summed E-state index contributed by atoms with van der Waals surface area (Å²) in [6.45, 7) is 1.12. The first-order valence-corrected chi connectivity index (χ1v) is 9.19. The van der Waals surface area contributed by atoms with Crippen LogP contribution >= 0.6 is 11.6 Å². The lowest BCUT2D eigenvalue weighted by atomic mass is 10.1. The van der Waals surface area contributed by atoms with Crippen LogP contribution in [0.4, 0.5) is 28.9 Å². The van der Waals surface area contributed by atoms with E-state index in [-0.39, 0.29) is 10.7 Å². The molecule has 0 aliphatic heterocycles. The van der Waals surface area contributed by atoms with Gasteiger partial charge in [0.25, 0.3) is 15.8 Å². The van der Waals surface area contributed by atoms with Crippen molar-refractivity contribution in [2.45, 2.75) is 18.0 Å². The van der Waals surface area contributed by atoms with Gasteiger partial charge in [0.1, 0.15) is 10.7 Å². The summed E-state index contributed by atoms with van der Waals surface area (Å²) in [4.78, 5) is 21.5. The molecule has 1 amide bonds. The summed E-state index contributed by atoms with van der Waals surface area (Å²) >= 11 is 5.82. The Kier molecular flexibility index (Phi) is 6.00. The Balaban J connectivity index is 2.47. The van der Waals surface area contributed by atoms with E-state index in [1.165, 1.54) is 6.07 Å². The molecule has 0 bridgehead atoms. The first kappa shape index (κ1) is 21.6. The Labute approximate surface area is 161 Å². The van der Waals surface area contributed by atoms with Gasteiger partial charge in [0.15, 0.2) is 0 Å². The van der Waals surface area contributed by atoms with Crippen molar-refractivity contribution in [3.05, 3.63) is 52.8 Å². The normalized spacial score (nSPS) is 11.8. The maximum absolute atomic E-state index is 14.3. The SMILES string of the molecule is CC(=O)Nc1cc(F)c(S(=O)(=O)Nc2ccccc2C(=O)C(F)(F)F)cc1Cl. The lowest BCUT2D eigenvalue weighted by Gasteiger charge is -2.14. The predicted octanol–water partition coefficient (Wildman–Crippen LogP) is 3.98. The topological polar surface area (TPSA) is 92.3 Å². The molecule has 0 radical (unpaired) electrons. The molecule has 0 heterocycles. The number of rotatable bonds is 5. The molecule has 0 atom stereocenters. The first-order valence-electron chi connectivity index (χ1n) is 7.33. The maximum Gasteiger partial charge on any atom is 0.454 e. The molecule has 0 aromatic heterocycles. The fourth-order valence-corrected chi connectivity index (χ4v) is 3.58. The second-order valence-electron chi connectivity index (χ2n) is 5.42. The molecule has 2 aromatic carbocycles. The molecule has 0 aliphatic carbocycles. The van der Waals surface area contributed by atoms with Crippen LogP contribution < -0.4 is 10.0 Å². The van der Waals surface area contributed by atoms with Gasteiger partial charge in [0.2, 0.25) is 5.91 Å². The second kappa shape index (κ2) is 7.76. The molecule has 2 aromatic rings. The lowest BCUT2D eigenvalue weighted by molar-refractivity contribution is -0.114. The van der Waals surface area contributed by atoms with Gasteiger partial charge in [-0.05, 0) is 18.2 Å². The van der Waals surface area contributed by atoms with E-state index < -0.39 is 49.9 Å². The highest BCUT2D eigenvalue weighted by Crippen LogP contribution is 2.31. The molecule has 0 saturated heterocycles. The Morgan fingerprint density at radius 1 is 1.07 bits per heavy atom. The van der Waals surface area contributed by atoms with Crippen LogP contribution in [0.5, 0.6) is 0 Å². The van der Waals surface area contributed by atoms with Crippen molar-refractivity contribution in [1.82, 2.24) is 0 Å². The number of hydrogen-bond acceptors (Lipinski definition) is 4. The summed E-state index contributed by atoms with van der Waals surface area (Å²) in [6.07, 6.45) is -5.24. The van der Waals surface area contributed by atoms with Gasteiger partial charge in [0.05, 0.1) is 22.0 Å². The Hall–Kier alpha value is -2.66. The van der Waals surface area contributed by atoms with Crippen LogP contribution in [0.2, 0.25) is 5.02 Å². The summed E-state index contributed by atoms with van der Waals surface area (Å²) in [7, 11) is -4.75. The van der Waals surface area contributed by atoms with Gasteiger partial charge in [-0.2, -0.15) is 13.2 Å². The minimum atomic E-state index is -5.24. The molecular formula is C16H11ClF4N2O4S. The molecule has 150 valence electrons. The predicted molar refractivity (Wildman–Crippen MR) is 93.3 cm³/mol. The molecule has 0 spiro atoms. The quantitative estimate of drug-likeness (QED) is 0.545. The monoisotopic (exact) mass is 438 g/mol. The average molecular weight is 439 g/mol. The number of Topliss-reactive ketones (excluding diaryl/α,β-unsaturated/α-hetero) is 1. The molecule has 2 rings (SSSR count). The second-order valence-corrected chi connectivity index (χ2v) is 7.48. The number of hydrogen-bond donors (Lipinski definition) is 2. The summed E-state index contributed by atoms with van der Waals surface area (Å²) < 4.78 is 79.0. The zero-order valence-corrected chi connectivity index (χ0v) is 15.5. The van der Waals surface area contributed by atoms with Gasteiger partial charge in [-0.15, -0.1) is 0 Å². The van der Waals surface area contributed by atoms with E-state index in [4.69, 9.17) is 11.6 Å². The van der Waals surface area contributed by atoms with Gasteiger partial charge >= 0.3 is 6.18 Å². The molecule has 0 aliphatic rings. The molecule has 0 unspecified atom stereocenters. The lowest BCUT2D eigenvalue weighted by Crippen LogP contribution is -2.25. The van der Waals surface area contributed by atoms with Crippen molar-refractivity contribution in [2.24, 2.45) is 0 Å². The zero-order chi connectivity index (χ0) is 21.3. The Bertz CT molecular complexity index is 1060. The van der Waals surface area contributed by atoms with Crippen LogP contribution in [-0.2, 0) is 14.8 Å². The van der Waals surface area contributed by atoms with Gasteiger partial charge < -0.3 is 5.32 Å². The molecule has 0 fully saturated rings. The highest BCUT2D eigenvalue weighted by atomic mass is 35.5. The van der Waals surface area contributed by atoms with E-state index in [0.717, 1.165) is 25.1 Å². The molecule has 0 saturated carbocycles. The zero-order valence-electron chi connectivity index (χ0n) is 13.9. The number of nitrogens with one attached hydrogen (secondary N) is 2. The molecule has 6 nitrogen and oxygen atoms in total. The Morgan fingerprint density at radius 2 is 1.68 bits per heavy atom. The third kappa shape index (κ3) is 4.78. The number of benzene rings is 2. The van der Waals surface area contributed by atoms with Crippen molar-refractivity contribution >= 4 is 44.7 Å². The molecular weight excluding hydrogens is 428 g/mol. The summed E-state index contributed by atoms with van der Waals surface area (Å²) in [5.74, 6) is -4.18. The van der Waals surface area contributed by atoms with Crippen LogP contribution in [0, 0.1) is 5.82 Å². The van der Waals surface area contributed by atoms with Crippen molar-refractivity contribution in [3.8, 4) is 0 Å². The Morgan fingerprint density at radius 3 is 2.25 bits per heavy atom. The number of carbonyl (C=O) groups is 2. The van der Waals surface area contributed by atoms with Crippen molar-refractivity contribution in [2.75, 3.05) is 10.0 Å². The van der Waals surface area contributed by atoms with E-state index in [9.17, 15) is 35.6 Å². The highest BCUT2D eigenvalue weighted by Gasteiger charge is 2.40. The van der Waals surface area contributed by atoms with Crippen molar-refractivity contribution in [3.63, 3.8) is 0 Å². The largest absolute Gasteiger partial charge is 0.454 e. The van der Waals surface area contributed by atoms with E-state index >= 15 is 0 Å². The minimum absolute atomic E-state index is 0.196. The van der Waals surface area contributed by atoms with Gasteiger partial charge in [0, 0.05) is 13.0 Å². The van der Waals surface area contributed by atoms with Crippen molar-refractivity contribution < 1.29 is 35.6 Å². The van der Waals surface area contributed by atoms with Gasteiger partial charge in [-0.3, -0.25) is 14.3 Å². The number of ketones is 1. The van der Waals surface area contributed by atoms with Crippen LogP contribution in [0.1, 0.15) is 17.3 Å². The summed E-state index contributed by atoms with van der Waals surface area (Å²) in [5.41, 5.74) is -1.84. The minimum Gasteiger partial charge on any atom is -0.325 e. The van der Waals surface area contributed by atoms with Crippen molar-refractivity contribution in [1.29, 1.82) is 0 Å². The number of alkyl halides is 3. The van der Waals surface area contributed by atoms with E-state index in [1.807, 2.05) is 0 Å². The first-order chi connectivity index (χ1) is 12.8. The van der Waals surface area contributed by atoms with Gasteiger partial charge in [-0.25, -0.2) is 12.8 Å². The number of sulfonamides is 1. The smallest absolute Gasteiger partial charge is 0.325 e. The number of amides is 1. The maximum atomic E-state index is 14.3. The van der Waals surface area contributed by atoms with E-state index in [0.29, 0.717) is 12.1 Å².